The predicted molar refractivity (Wildman–Crippen MR) is 141 cm³/mol. The molecule has 1 N–H and O–H groups in total. The fourth-order valence-corrected chi connectivity index (χ4v) is 6.43. The van der Waals surface area contributed by atoms with E-state index in [0.29, 0.717) is 38.6 Å². The number of hydrogen-bond donors (Lipinski definition) is 1. The number of carbonyl (C=O) groups excluding carboxylic acids is 2. The summed E-state index contributed by atoms with van der Waals surface area (Å²) in [6.45, 7) is 2.41. The molecule has 1 atom stereocenters. The fourth-order valence-electron chi connectivity index (χ4n) is 5.16. The number of anilines is 2. The number of carbonyl (C=O) groups is 2. The first-order valence-electron chi connectivity index (χ1n) is 12.4. The number of rotatable bonds is 7. The van der Waals surface area contributed by atoms with E-state index in [4.69, 9.17) is 9.47 Å². The summed E-state index contributed by atoms with van der Waals surface area (Å²) in [7, 11) is 3.63. The van der Waals surface area contributed by atoms with Crippen molar-refractivity contribution in [2.75, 3.05) is 45.7 Å². The van der Waals surface area contributed by atoms with Crippen molar-refractivity contribution in [2.24, 2.45) is 10.9 Å². The zero-order valence-corrected chi connectivity index (χ0v) is 21.6. The molecular weight excluding hydrogens is 492 g/mol. The zero-order chi connectivity index (χ0) is 25.5. The van der Waals surface area contributed by atoms with E-state index in [1.54, 1.807) is 27.5 Å². The van der Waals surface area contributed by atoms with Crippen molar-refractivity contribution in [3.05, 3.63) is 40.0 Å². The second-order valence-electron chi connectivity index (χ2n) is 9.67. The molecule has 1 aromatic carbocycles. The first-order valence-corrected chi connectivity index (χ1v) is 13.2. The van der Waals surface area contributed by atoms with Gasteiger partial charge in [-0.25, -0.2) is 14.8 Å². The number of hydrogen-bond acceptors (Lipinski definition) is 9. The van der Waals surface area contributed by atoms with Crippen LogP contribution >= 0.6 is 11.3 Å². The number of amides is 2. The summed E-state index contributed by atoms with van der Waals surface area (Å²) < 4.78 is 11.2. The summed E-state index contributed by atoms with van der Waals surface area (Å²) in [6.07, 6.45) is 5.50. The van der Waals surface area contributed by atoms with Crippen molar-refractivity contribution in [3.8, 4) is 5.75 Å². The fraction of sp³-hybridized carbons (Fsp3) is 0.423. The standard InChI is InChI=1S/C26H28N6O4S/c1-31(2)25(33)15-3-4-18-21(11-15)37-24-22(18)23(28-14-29-24)30-19-9-16-12-27-13-17(16)10-20(19)35-7-5-32-6-8-36-26(32)34/h9-10,12,14-15H,3-8,11,13H2,1-2H3,(H,28,29,30)/t15-/m0/s1. The van der Waals surface area contributed by atoms with Gasteiger partial charge in [0.2, 0.25) is 5.91 Å². The molecule has 192 valence electrons. The normalized spacial score (nSPS) is 18.1. The van der Waals surface area contributed by atoms with E-state index >= 15 is 0 Å². The summed E-state index contributed by atoms with van der Waals surface area (Å²) in [4.78, 5) is 43.3. The predicted octanol–water partition coefficient (Wildman–Crippen LogP) is 3.39. The minimum absolute atomic E-state index is 0.00354. The lowest BCUT2D eigenvalue weighted by Crippen LogP contribution is -2.32. The van der Waals surface area contributed by atoms with Crippen molar-refractivity contribution in [2.45, 2.75) is 25.8 Å². The molecule has 0 bridgehead atoms. The van der Waals surface area contributed by atoms with Gasteiger partial charge in [0.05, 0.1) is 30.7 Å². The smallest absolute Gasteiger partial charge is 0.410 e. The monoisotopic (exact) mass is 520 g/mol. The van der Waals surface area contributed by atoms with Crippen LogP contribution in [0.15, 0.2) is 23.5 Å². The Labute approximate surface area is 218 Å². The second kappa shape index (κ2) is 9.62. The van der Waals surface area contributed by atoms with Gasteiger partial charge in [0.15, 0.2) is 0 Å². The molecule has 0 spiro atoms. The lowest BCUT2D eigenvalue weighted by atomic mass is 9.87. The third-order valence-corrected chi connectivity index (χ3v) is 8.25. The molecular formula is C26H28N6O4S. The van der Waals surface area contributed by atoms with Crippen LogP contribution < -0.4 is 10.1 Å². The molecule has 6 rings (SSSR count). The highest BCUT2D eigenvalue weighted by Gasteiger charge is 2.30. The first kappa shape index (κ1) is 23.7. The van der Waals surface area contributed by atoms with Gasteiger partial charge in [-0.2, -0.15) is 0 Å². The van der Waals surface area contributed by atoms with Gasteiger partial charge in [-0.3, -0.25) is 9.79 Å². The van der Waals surface area contributed by atoms with E-state index in [0.717, 1.165) is 52.1 Å². The topological polar surface area (TPSA) is 109 Å². The van der Waals surface area contributed by atoms with E-state index in [9.17, 15) is 9.59 Å². The molecule has 10 nitrogen and oxygen atoms in total. The zero-order valence-electron chi connectivity index (χ0n) is 20.8. The van der Waals surface area contributed by atoms with E-state index < -0.39 is 0 Å². The van der Waals surface area contributed by atoms with Gasteiger partial charge in [-0.05, 0) is 48.1 Å². The largest absolute Gasteiger partial charge is 0.490 e. The van der Waals surface area contributed by atoms with Gasteiger partial charge in [0, 0.05) is 31.1 Å². The van der Waals surface area contributed by atoms with Crippen molar-refractivity contribution in [1.82, 2.24) is 19.8 Å². The minimum Gasteiger partial charge on any atom is -0.490 e. The van der Waals surface area contributed by atoms with Gasteiger partial charge in [-0.1, -0.05) is 0 Å². The number of nitrogens with one attached hydrogen (secondary N) is 1. The van der Waals surface area contributed by atoms with Crippen LogP contribution in [0.2, 0.25) is 0 Å². The molecule has 4 heterocycles. The SMILES string of the molecule is CN(C)C(=O)[C@H]1CCc2c(sc3ncnc(Nc4cc5c(cc4OCCN4CCOC4=O)CN=C5)c23)C1. The molecule has 0 unspecified atom stereocenters. The molecule has 37 heavy (non-hydrogen) atoms. The average molecular weight is 521 g/mol. The Morgan fingerprint density at radius 2 is 2.22 bits per heavy atom. The molecule has 1 fully saturated rings. The van der Waals surface area contributed by atoms with E-state index in [-0.39, 0.29) is 17.9 Å². The van der Waals surface area contributed by atoms with Crippen LogP contribution in [0.1, 0.15) is 28.0 Å². The highest BCUT2D eigenvalue weighted by atomic mass is 32.1. The Morgan fingerprint density at radius 1 is 1.32 bits per heavy atom. The number of benzene rings is 1. The van der Waals surface area contributed by atoms with Crippen LogP contribution in [0.25, 0.3) is 10.2 Å². The van der Waals surface area contributed by atoms with Crippen LogP contribution in [-0.2, 0) is 28.9 Å². The Hall–Kier alpha value is -3.73. The van der Waals surface area contributed by atoms with E-state index in [2.05, 4.69) is 20.3 Å². The maximum Gasteiger partial charge on any atom is 0.410 e. The molecule has 1 aliphatic carbocycles. The molecule has 2 aliphatic heterocycles. The maximum atomic E-state index is 12.6. The summed E-state index contributed by atoms with van der Waals surface area (Å²) in [6, 6.07) is 4.04. The van der Waals surface area contributed by atoms with Crippen molar-refractivity contribution in [1.29, 1.82) is 0 Å². The highest BCUT2D eigenvalue weighted by Crippen LogP contribution is 2.42. The van der Waals surface area contributed by atoms with Crippen molar-refractivity contribution >= 4 is 51.3 Å². The molecule has 3 aliphatic rings. The highest BCUT2D eigenvalue weighted by molar-refractivity contribution is 7.19. The van der Waals surface area contributed by atoms with Crippen molar-refractivity contribution in [3.63, 3.8) is 0 Å². The molecule has 11 heteroatoms. The van der Waals surface area contributed by atoms with Crippen LogP contribution in [0.5, 0.6) is 5.75 Å². The first-order chi connectivity index (χ1) is 18.0. The molecule has 3 aromatic rings. The Morgan fingerprint density at radius 3 is 3.03 bits per heavy atom. The number of thiophene rings is 1. The number of cyclic esters (lactones) is 1. The number of fused-ring (bicyclic) bond motifs is 4. The third-order valence-electron chi connectivity index (χ3n) is 7.09. The average Bonchev–Trinajstić information content (AvgIpc) is 3.61. The minimum atomic E-state index is -0.301. The quantitative estimate of drug-likeness (QED) is 0.509. The number of ether oxygens (including phenoxy) is 2. The molecule has 1 saturated heterocycles. The van der Waals surface area contributed by atoms with Crippen LogP contribution in [0.3, 0.4) is 0 Å². The van der Waals surface area contributed by atoms with Gasteiger partial charge < -0.3 is 24.6 Å². The van der Waals surface area contributed by atoms with Gasteiger partial charge in [0.25, 0.3) is 0 Å². The number of aliphatic imine (C=N–C) groups is 1. The summed E-state index contributed by atoms with van der Waals surface area (Å²) in [5.41, 5.74) is 4.15. The van der Waals surface area contributed by atoms with Crippen molar-refractivity contribution < 1.29 is 19.1 Å². The lowest BCUT2D eigenvalue weighted by molar-refractivity contribution is -0.133. The van der Waals surface area contributed by atoms with E-state index in [1.807, 2.05) is 32.4 Å². The summed E-state index contributed by atoms with van der Waals surface area (Å²) in [5.74, 6) is 1.59. The number of nitrogens with zero attached hydrogens (tertiary/aromatic N) is 5. The maximum absolute atomic E-state index is 12.6. The number of aromatic nitrogens is 2. The summed E-state index contributed by atoms with van der Waals surface area (Å²) in [5, 5.41) is 4.52. The third kappa shape index (κ3) is 4.48. The van der Waals surface area contributed by atoms with Gasteiger partial charge in [0.1, 0.15) is 35.9 Å². The van der Waals surface area contributed by atoms with Gasteiger partial charge >= 0.3 is 6.09 Å². The Bertz CT molecular complexity index is 1420. The second-order valence-corrected chi connectivity index (χ2v) is 10.8. The van der Waals surface area contributed by atoms with Crippen LogP contribution in [0, 0.1) is 5.92 Å². The van der Waals surface area contributed by atoms with E-state index in [1.165, 1.54) is 10.4 Å². The van der Waals surface area contributed by atoms with Crippen LogP contribution in [0.4, 0.5) is 16.3 Å². The molecule has 2 aromatic heterocycles. The Kier molecular flexibility index (Phi) is 6.15. The molecule has 2 amide bonds. The molecule has 0 saturated carbocycles. The van der Waals surface area contributed by atoms with Crippen LogP contribution in [-0.4, -0.2) is 78.4 Å². The molecule has 0 radical (unpaired) electrons. The summed E-state index contributed by atoms with van der Waals surface area (Å²) >= 11 is 1.65. The lowest BCUT2D eigenvalue weighted by Gasteiger charge is -2.24. The Balaban J connectivity index is 1.29. The number of aryl methyl sites for hydroxylation is 1. The van der Waals surface area contributed by atoms with Gasteiger partial charge in [-0.15, -0.1) is 11.3 Å².